The number of methoxy groups -OCH3 is 2. The Bertz CT molecular complexity index is 1780. The highest BCUT2D eigenvalue weighted by atomic mass is 16.6. The van der Waals surface area contributed by atoms with E-state index in [4.69, 9.17) is 14.2 Å². The third-order valence-electron chi connectivity index (χ3n) is 7.05. The van der Waals surface area contributed by atoms with Gasteiger partial charge in [-0.25, -0.2) is 0 Å². The predicted octanol–water partition coefficient (Wildman–Crippen LogP) is 7.69. The van der Waals surface area contributed by atoms with E-state index in [-0.39, 0.29) is 17.3 Å². The molecule has 4 aromatic carbocycles. The van der Waals surface area contributed by atoms with Crippen molar-refractivity contribution in [1.82, 2.24) is 0 Å². The Kier molecular flexibility index (Phi) is 10.9. The van der Waals surface area contributed by atoms with Gasteiger partial charge in [0.25, 0.3) is 0 Å². The number of aliphatic hydroxyl groups is 1. The molecular formula is C38H34O7. The van der Waals surface area contributed by atoms with Gasteiger partial charge in [-0.1, -0.05) is 78.9 Å². The van der Waals surface area contributed by atoms with Crippen LogP contribution in [-0.2, 0) is 9.59 Å². The summed E-state index contributed by atoms with van der Waals surface area (Å²) in [6.45, 7) is 3.64. The van der Waals surface area contributed by atoms with Crippen molar-refractivity contribution in [2.45, 2.75) is 19.8 Å². The van der Waals surface area contributed by atoms with E-state index < -0.39 is 17.7 Å². The lowest BCUT2D eigenvalue weighted by Gasteiger charge is -2.15. The van der Waals surface area contributed by atoms with E-state index in [0.717, 1.165) is 23.0 Å². The van der Waals surface area contributed by atoms with Crippen LogP contribution in [-0.4, -0.2) is 36.9 Å². The second-order valence-corrected chi connectivity index (χ2v) is 10.2. The fourth-order valence-corrected chi connectivity index (χ4v) is 4.45. The van der Waals surface area contributed by atoms with E-state index >= 15 is 0 Å². The maximum atomic E-state index is 13.1. The summed E-state index contributed by atoms with van der Waals surface area (Å²) in [5, 5.41) is 10.2. The minimum atomic E-state index is -0.656. The van der Waals surface area contributed by atoms with Crippen molar-refractivity contribution in [3.05, 3.63) is 148 Å². The Morgan fingerprint density at radius 2 is 1.36 bits per heavy atom. The van der Waals surface area contributed by atoms with Gasteiger partial charge in [0, 0.05) is 17.2 Å². The molecule has 7 nitrogen and oxygen atoms in total. The molecule has 0 fully saturated rings. The van der Waals surface area contributed by atoms with Gasteiger partial charge in [0.2, 0.25) is 0 Å². The molecule has 4 aromatic rings. The first kappa shape index (κ1) is 32.2. The molecule has 0 heterocycles. The highest BCUT2D eigenvalue weighted by Crippen LogP contribution is 2.31. The first-order chi connectivity index (χ1) is 21.7. The number of hydrogen-bond donors (Lipinski definition) is 1. The summed E-state index contributed by atoms with van der Waals surface area (Å²) in [5.41, 5.74) is 4.11. The number of ether oxygens (including phenoxy) is 3. The van der Waals surface area contributed by atoms with Crippen LogP contribution in [0.3, 0.4) is 0 Å². The van der Waals surface area contributed by atoms with Crippen LogP contribution in [0, 0.1) is 6.92 Å². The van der Waals surface area contributed by atoms with E-state index in [1.807, 2.05) is 31.2 Å². The Hall–Kier alpha value is -5.69. The number of allylic oxidation sites excluding steroid dienone is 3. The SMILES string of the molecule is COc1cc(/C=C/C(O)=C/C(=O)/C=C/c2ccc(OC(=O)[C@@H](C)c3cccc(C(=O)c4ccccc4)c3)c(OC)c2)ccc1C. The molecule has 0 radical (unpaired) electrons. The number of aryl methyl sites for hydroxylation is 1. The molecule has 7 heteroatoms. The predicted molar refractivity (Wildman–Crippen MR) is 175 cm³/mol. The number of esters is 1. The Morgan fingerprint density at radius 1 is 0.711 bits per heavy atom. The molecule has 0 aromatic heterocycles. The number of rotatable bonds is 12. The highest BCUT2D eigenvalue weighted by molar-refractivity contribution is 6.09. The minimum Gasteiger partial charge on any atom is -0.508 e. The number of ketones is 2. The van der Waals surface area contributed by atoms with Crippen molar-refractivity contribution >= 4 is 29.7 Å². The van der Waals surface area contributed by atoms with Crippen LogP contribution in [0.25, 0.3) is 12.2 Å². The molecule has 0 saturated heterocycles. The summed E-state index contributed by atoms with van der Waals surface area (Å²) < 4.78 is 16.4. The number of carbonyl (C=O) groups is 3. The molecule has 0 spiro atoms. The van der Waals surface area contributed by atoms with E-state index in [1.165, 1.54) is 19.3 Å². The largest absolute Gasteiger partial charge is 0.508 e. The van der Waals surface area contributed by atoms with E-state index in [9.17, 15) is 19.5 Å². The van der Waals surface area contributed by atoms with E-state index in [1.54, 1.807) is 92.9 Å². The Morgan fingerprint density at radius 3 is 2.07 bits per heavy atom. The van der Waals surface area contributed by atoms with Gasteiger partial charge in [-0.3, -0.25) is 14.4 Å². The third-order valence-corrected chi connectivity index (χ3v) is 7.05. The van der Waals surface area contributed by atoms with Crippen molar-refractivity contribution < 1.29 is 33.7 Å². The summed E-state index contributed by atoms with van der Waals surface area (Å²) in [7, 11) is 3.04. The number of carbonyl (C=O) groups excluding carboxylic acids is 3. The van der Waals surface area contributed by atoms with Crippen molar-refractivity contribution in [3.8, 4) is 17.2 Å². The van der Waals surface area contributed by atoms with Crippen molar-refractivity contribution in [2.75, 3.05) is 14.2 Å². The molecule has 228 valence electrons. The zero-order valence-corrected chi connectivity index (χ0v) is 25.5. The van der Waals surface area contributed by atoms with Crippen LogP contribution >= 0.6 is 0 Å². The summed E-state index contributed by atoms with van der Waals surface area (Å²) in [6, 6.07) is 26.4. The zero-order valence-electron chi connectivity index (χ0n) is 25.5. The Labute approximate surface area is 262 Å². The third kappa shape index (κ3) is 8.67. The highest BCUT2D eigenvalue weighted by Gasteiger charge is 2.21. The lowest BCUT2D eigenvalue weighted by Crippen LogP contribution is -2.17. The van der Waals surface area contributed by atoms with E-state index in [0.29, 0.717) is 28.0 Å². The first-order valence-corrected chi connectivity index (χ1v) is 14.2. The minimum absolute atomic E-state index is 0.132. The van der Waals surface area contributed by atoms with Gasteiger partial charge >= 0.3 is 5.97 Å². The standard InChI is InChI=1S/C38H34O7/c1-25-13-14-27(21-35(25)43-3)15-18-32(39)24-33(40)19-16-28-17-20-34(36(22-28)44-4)45-38(42)26(2)30-11-8-12-31(23-30)37(41)29-9-6-5-7-10-29/h5-24,26,39H,1-4H3/b18-15+,19-16+,32-24-/t26-/m0/s1. The van der Waals surface area contributed by atoms with Gasteiger partial charge < -0.3 is 19.3 Å². The van der Waals surface area contributed by atoms with Crippen LogP contribution in [0.5, 0.6) is 17.2 Å². The first-order valence-electron chi connectivity index (χ1n) is 14.2. The molecular weight excluding hydrogens is 568 g/mol. The van der Waals surface area contributed by atoms with Crippen molar-refractivity contribution in [2.24, 2.45) is 0 Å². The zero-order chi connectivity index (χ0) is 32.3. The van der Waals surface area contributed by atoms with Gasteiger partial charge in [0.05, 0.1) is 20.1 Å². The lowest BCUT2D eigenvalue weighted by atomic mass is 9.96. The van der Waals surface area contributed by atoms with Gasteiger partial charge in [0.15, 0.2) is 23.1 Å². The maximum absolute atomic E-state index is 13.1. The molecule has 0 unspecified atom stereocenters. The number of hydrogen-bond acceptors (Lipinski definition) is 7. The van der Waals surface area contributed by atoms with Gasteiger partial charge in [-0.15, -0.1) is 0 Å². The number of aliphatic hydroxyl groups excluding tert-OH is 1. The van der Waals surface area contributed by atoms with Gasteiger partial charge in [0.1, 0.15) is 11.5 Å². The molecule has 1 N–H and O–H groups in total. The van der Waals surface area contributed by atoms with Crippen LogP contribution in [0.4, 0.5) is 0 Å². The second-order valence-electron chi connectivity index (χ2n) is 10.2. The molecule has 1 atom stereocenters. The maximum Gasteiger partial charge on any atom is 0.318 e. The van der Waals surface area contributed by atoms with E-state index in [2.05, 4.69) is 0 Å². The van der Waals surface area contributed by atoms with Crippen LogP contribution in [0.15, 0.2) is 115 Å². The summed E-state index contributed by atoms with van der Waals surface area (Å²) >= 11 is 0. The topological polar surface area (TPSA) is 99.1 Å². The monoisotopic (exact) mass is 602 g/mol. The molecule has 0 aliphatic carbocycles. The average molecular weight is 603 g/mol. The molecule has 0 saturated carbocycles. The Balaban J connectivity index is 1.40. The summed E-state index contributed by atoms with van der Waals surface area (Å²) in [4.78, 5) is 38.3. The molecule has 4 rings (SSSR count). The normalized spacial score (nSPS) is 12.2. The fourth-order valence-electron chi connectivity index (χ4n) is 4.45. The van der Waals surface area contributed by atoms with Crippen LogP contribution in [0.2, 0.25) is 0 Å². The summed E-state index contributed by atoms with van der Waals surface area (Å²) in [6.07, 6.45) is 7.09. The van der Waals surface area contributed by atoms with Crippen molar-refractivity contribution in [1.29, 1.82) is 0 Å². The molecule has 0 bridgehead atoms. The number of benzene rings is 4. The summed E-state index contributed by atoms with van der Waals surface area (Å²) in [5.74, 6) is -0.689. The second kappa shape index (κ2) is 15.2. The quantitative estimate of drug-likeness (QED) is 0.0443. The smallest absolute Gasteiger partial charge is 0.318 e. The molecule has 0 amide bonds. The van der Waals surface area contributed by atoms with Crippen LogP contribution < -0.4 is 14.2 Å². The molecule has 0 aliphatic heterocycles. The van der Waals surface area contributed by atoms with Crippen molar-refractivity contribution in [3.63, 3.8) is 0 Å². The lowest BCUT2D eigenvalue weighted by molar-refractivity contribution is -0.135. The molecule has 0 aliphatic rings. The molecule has 45 heavy (non-hydrogen) atoms. The average Bonchev–Trinajstić information content (AvgIpc) is 3.07. The fraction of sp³-hybridized carbons (Fsp3) is 0.132. The van der Waals surface area contributed by atoms with Gasteiger partial charge in [-0.2, -0.15) is 0 Å². The van der Waals surface area contributed by atoms with Gasteiger partial charge in [-0.05, 0) is 72.5 Å². The van der Waals surface area contributed by atoms with Crippen LogP contribution in [0.1, 0.15) is 51.0 Å².